The monoisotopic (exact) mass is 577 g/mol. The number of hydrogen-bond donors (Lipinski definition) is 1. The Morgan fingerprint density at radius 1 is 0.711 bits per heavy atom. The fourth-order valence-corrected chi connectivity index (χ4v) is 3.87. The van der Waals surface area contributed by atoms with E-state index in [9.17, 15) is 9.59 Å². The van der Waals surface area contributed by atoms with E-state index >= 15 is 0 Å². The second kappa shape index (κ2) is 28.6. The third-order valence-corrected chi connectivity index (χ3v) is 6.13. The lowest BCUT2D eigenvalue weighted by atomic mass is 10.0. The van der Waals surface area contributed by atoms with Gasteiger partial charge in [-0.2, -0.15) is 4.57 Å². The Hall–Kier alpha value is -1.37. The van der Waals surface area contributed by atoms with Crippen molar-refractivity contribution in [1.82, 2.24) is 0 Å². The molecule has 0 spiro atoms. The van der Waals surface area contributed by atoms with Crippen molar-refractivity contribution >= 4 is 11.9 Å². The molecule has 0 unspecified atom stereocenters. The molecule has 38 heavy (non-hydrogen) atoms. The minimum atomic E-state index is -0.323. The first kappa shape index (κ1) is 41.1. The molecule has 2 N–H and O–H groups in total. The van der Waals surface area contributed by atoms with Crippen molar-refractivity contribution in [1.29, 1.82) is 0 Å². The van der Waals surface area contributed by atoms with Gasteiger partial charge in [-0.3, -0.25) is 9.59 Å². The van der Waals surface area contributed by atoms with E-state index in [-0.39, 0.29) is 43.2 Å². The first-order valence-corrected chi connectivity index (χ1v) is 14.4. The molecule has 1 rings (SSSR count). The number of primary amides is 1. The summed E-state index contributed by atoms with van der Waals surface area (Å²) in [5.41, 5.74) is 4.96. The van der Waals surface area contributed by atoms with E-state index in [1.807, 2.05) is 18.2 Å². The van der Waals surface area contributed by atoms with Crippen LogP contribution < -0.4 is 35.1 Å². The molecular formula is C30H57Cl2N3O3. The summed E-state index contributed by atoms with van der Waals surface area (Å²) < 4.78 is 7.85. The van der Waals surface area contributed by atoms with Crippen LogP contribution in [-0.2, 0) is 20.9 Å². The molecular weight excluding hydrogens is 521 g/mol. The maximum absolute atomic E-state index is 11.6. The lowest BCUT2D eigenvalue weighted by Gasteiger charge is -2.23. The van der Waals surface area contributed by atoms with Gasteiger partial charge >= 0.3 is 5.97 Å². The second-order valence-corrected chi connectivity index (χ2v) is 10.9. The average molecular weight is 579 g/mol. The number of amides is 1. The number of nitrogens with two attached hydrogens (primary N) is 1. The first-order valence-electron chi connectivity index (χ1n) is 14.4. The highest BCUT2D eigenvalue weighted by molar-refractivity contribution is 5.72. The Labute approximate surface area is 246 Å². The lowest BCUT2D eigenvalue weighted by molar-refractivity contribution is -0.870. The highest BCUT2D eigenvalue weighted by Crippen LogP contribution is 2.13. The van der Waals surface area contributed by atoms with Gasteiger partial charge in [0, 0.05) is 18.6 Å². The lowest BCUT2D eigenvalue weighted by Crippen LogP contribution is -3.00. The summed E-state index contributed by atoms with van der Waals surface area (Å²) in [6.07, 6.45) is 24.5. The van der Waals surface area contributed by atoms with E-state index in [1.54, 1.807) is 17.0 Å². The van der Waals surface area contributed by atoms with Crippen molar-refractivity contribution in [2.45, 2.75) is 116 Å². The number of ether oxygens (including phenoxy) is 1. The van der Waals surface area contributed by atoms with Crippen LogP contribution in [0.4, 0.5) is 0 Å². The Kier molecular flexibility index (Phi) is 31.0. The number of hydrogen-bond acceptors (Lipinski definition) is 3. The number of aromatic nitrogens is 1. The van der Waals surface area contributed by atoms with E-state index in [1.165, 1.54) is 89.9 Å². The normalized spacial score (nSPS) is 10.4. The standard InChI is InChI=1S/C23H48NO2.C7H8N2O.2ClH/c1-5-6-7-8-9-10-11-12-13-14-15-16-17-18-19-20-23(25)26-22-21-24(2,3)4;8-7(10)6-9-4-2-1-3-5-9;;/h5-22H2,1-4H3;1-5H,6H2,(H-,8,10);2*1H/q+1;;;/p-1. The van der Waals surface area contributed by atoms with Crippen LogP contribution in [0.2, 0.25) is 0 Å². The summed E-state index contributed by atoms with van der Waals surface area (Å²) in [6.45, 7) is 3.95. The molecule has 0 radical (unpaired) electrons. The number of nitrogens with zero attached hydrogens (tertiary/aromatic N) is 2. The Morgan fingerprint density at radius 3 is 1.53 bits per heavy atom. The molecule has 0 saturated heterocycles. The van der Waals surface area contributed by atoms with Gasteiger partial charge in [0.15, 0.2) is 12.4 Å². The fraction of sp³-hybridized carbons (Fsp3) is 0.767. The summed E-state index contributed by atoms with van der Waals surface area (Å²) in [5.74, 6) is -0.343. The number of likely N-dealkylation sites (N-methyl/N-ethyl adjacent to an activating group) is 1. The molecule has 0 aromatic carbocycles. The zero-order valence-electron chi connectivity index (χ0n) is 24.8. The highest BCUT2D eigenvalue weighted by atomic mass is 35.5. The summed E-state index contributed by atoms with van der Waals surface area (Å²) in [4.78, 5) is 22.0. The Bertz CT molecular complexity index is 656. The van der Waals surface area contributed by atoms with Gasteiger partial charge in [0.25, 0.3) is 5.91 Å². The van der Waals surface area contributed by atoms with Crippen LogP contribution in [0.15, 0.2) is 30.6 Å². The van der Waals surface area contributed by atoms with Crippen LogP contribution in [0.3, 0.4) is 0 Å². The summed E-state index contributed by atoms with van der Waals surface area (Å²) in [5, 5.41) is 0. The molecule has 0 fully saturated rings. The molecule has 0 aliphatic rings. The molecule has 6 nitrogen and oxygen atoms in total. The Balaban J connectivity index is -0.000000854. The second-order valence-electron chi connectivity index (χ2n) is 10.9. The van der Waals surface area contributed by atoms with Crippen molar-refractivity contribution in [2.24, 2.45) is 5.73 Å². The van der Waals surface area contributed by atoms with Crippen molar-refractivity contribution < 1.29 is 48.2 Å². The van der Waals surface area contributed by atoms with Crippen LogP contribution in [0.1, 0.15) is 110 Å². The average Bonchev–Trinajstić information content (AvgIpc) is 2.81. The van der Waals surface area contributed by atoms with Crippen LogP contribution in [0.25, 0.3) is 0 Å². The number of carbonyl (C=O) groups excluding carboxylic acids is 2. The van der Waals surface area contributed by atoms with Crippen LogP contribution in [-0.4, -0.2) is 50.7 Å². The molecule has 0 bridgehead atoms. The SMILES string of the molecule is CCCCCCCCCCCCCCCCCC(=O)OCC[N+](C)(C)C.NC(=O)C[n+]1ccccc1.[Cl-].[Cl-]. The zero-order valence-corrected chi connectivity index (χ0v) is 26.3. The molecule has 0 aliphatic heterocycles. The van der Waals surface area contributed by atoms with Gasteiger partial charge in [-0.05, 0) is 6.42 Å². The van der Waals surface area contributed by atoms with E-state index in [0.29, 0.717) is 13.0 Å². The quantitative estimate of drug-likeness (QED) is 0.0964. The van der Waals surface area contributed by atoms with Gasteiger partial charge < -0.3 is 39.8 Å². The van der Waals surface area contributed by atoms with Gasteiger partial charge in [0.05, 0.1) is 21.1 Å². The van der Waals surface area contributed by atoms with Gasteiger partial charge in [0.2, 0.25) is 6.54 Å². The maximum atomic E-state index is 11.6. The smallest absolute Gasteiger partial charge is 0.305 e. The summed E-state index contributed by atoms with van der Waals surface area (Å²) >= 11 is 0. The van der Waals surface area contributed by atoms with Crippen molar-refractivity contribution in [2.75, 3.05) is 34.3 Å². The van der Waals surface area contributed by atoms with Crippen molar-refractivity contribution in [3.05, 3.63) is 30.6 Å². The van der Waals surface area contributed by atoms with Gasteiger partial charge in [0.1, 0.15) is 13.2 Å². The highest BCUT2D eigenvalue weighted by Gasteiger charge is 2.09. The molecule has 8 heteroatoms. The van der Waals surface area contributed by atoms with Crippen molar-refractivity contribution in [3.8, 4) is 0 Å². The molecule has 0 aliphatic carbocycles. The molecule has 224 valence electrons. The topological polar surface area (TPSA) is 73.3 Å². The van der Waals surface area contributed by atoms with E-state index < -0.39 is 0 Å². The van der Waals surface area contributed by atoms with Crippen LogP contribution in [0.5, 0.6) is 0 Å². The predicted molar refractivity (Wildman–Crippen MR) is 149 cm³/mol. The zero-order chi connectivity index (χ0) is 26.9. The number of carbonyl (C=O) groups is 2. The van der Waals surface area contributed by atoms with Crippen LogP contribution in [0, 0.1) is 0 Å². The number of pyridine rings is 1. The van der Waals surface area contributed by atoms with Gasteiger partial charge in [-0.15, -0.1) is 0 Å². The minimum absolute atomic E-state index is 0. The third-order valence-electron chi connectivity index (χ3n) is 6.13. The van der Waals surface area contributed by atoms with E-state index in [0.717, 1.165) is 17.4 Å². The molecule has 1 aromatic heterocycles. The van der Waals surface area contributed by atoms with E-state index in [4.69, 9.17) is 10.5 Å². The number of rotatable bonds is 21. The number of unbranched alkanes of at least 4 members (excludes halogenated alkanes) is 14. The van der Waals surface area contributed by atoms with E-state index in [2.05, 4.69) is 28.1 Å². The molecule has 0 atom stereocenters. The summed E-state index contributed by atoms with van der Waals surface area (Å²) in [7, 11) is 6.34. The fourth-order valence-electron chi connectivity index (χ4n) is 3.87. The molecule has 1 amide bonds. The van der Waals surface area contributed by atoms with Gasteiger partial charge in [-0.1, -0.05) is 103 Å². The number of halogens is 2. The summed E-state index contributed by atoms with van der Waals surface area (Å²) in [6, 6.07) is 5.59. The number of esters is 1. The minimum Gasteiger partial charge on any atom is -1.00 e. The van der Waals surface area contributed by atoms with Crippen molar-refractivity contribution in [3.63, 3.8) is 0 Å². The van der Waals surface area contributed by atoms with Gasteiger partial charge in [-0.25, -0.2) is 0 Å². The predicted octanol–water partition coefficient (Wildman–Crippen LogP) is -0.0353. The third kappa shape index (κ3) is 32.7. The molecule has 1 heterocycles. The largest absolute Gasteiger partial charge is 1.00 e. The van der Waals surface area contributed by atoms with Crippen LogP contribution >= 0.6 is 0 Å². The molecule has 1 aromatic rings. The Morgan fingerprint density at radius 2 is 1.13 bits per heavy atom. The number of quaternary nitrogens is 1. The maximum Gasteiger partial charge on any atom is 0.305 e. The first-order chi connectivity index (χ1) is 17.2. The molecule has 0 saturated carbocycles.